The molecule has 0 radical (unpaired) electrons. The summed E-state index contributed by atoms with van der Waals surface area (Å²) in [5, 5.41) is 0. The van der Waals surface area contributed by atoms with Crippen molar-refractivity contribution >= 4 is 28.5 Å². The summed E-state index contributed by atoms with van der Waals surface area (Å²) < 4.78 is 10.6. The molecule has 1 aromatic carbocycles. The summed E-state index contributed by atoms with van der Waals surface area (Å²) >= 11 is 1.80. The van der Waals surface area contributed by atoms with E-state index in [1.165, 1.54) is 0 Å². The normalized spacial score (nSPS) is 11.1. The van der Waals surface area contributed by atoms with Crippen molar-refractivity contribution < 1.29 is 9.15 Å². The van der Waals surface area contributed by atoms with Gasteiger partial charge >= 0.3 is 0 Å². The van der Waals surface area contributed by atoms with Gasteiger partial charge in [-0.3, -0.25) is 0 Å². The van der Waals surface area contributed by atoms with Gasteiger partial charge in [-0.25, -0.2) is 4.98 Å². The number of hydrogen-bond acceptors (Lipinski definition) is 5. The minimum Gasteiger partial charge on any atom is -0.440 e. The van der Waals surface area contributed by atoms with Crippen molar-refractivity contribution in [3.63, 3.8) is 0 Å². The first-order valence-corrected chi connectivity index (χ1v) is 6.66. The average Bonchev–Trinajstić information content (AvgIpc) is 2.70. The summed E-state index contributed by atoms with van der Waals surface area (Å²) in [4.78, 5) is 4.40. The van der Waals surface area contributed by atoms with Crippen LogP contribution in [0.4, 0.5) is 5.69 Å². The molecule has 0 aliphatic carbocycles. The van der Waals surface area contributed by atoms with Crippen molar-refractivity contribution in [3.8, 4) is 0 Å². The molecule has 0 unspecified atom stereocenters. The third-order valence-corrected chi connectivity index (χ3v) is 3.35. The molecule has 0 aliphatic heterocycles. The van der Waals surface area contributed by atoms with Gasteiger partial charge in [-0.2, -0.15) is 11.8 Å². The van der Waals surface area contributed by atoms with Crippen LogP contribution in [0, 0.1) is 0 Å². The molecule has 2 aromatic rings. The molecular formula is C12H16N2O2S. The lowest BCUT2D eigenvalue weighted by Crippen LogP contribution is -1.91. The van der Waals surface area contributed by atoms with Gasteiger partial charge in [0, 0.05) is 25.5 Å². The number of nitrogen functional groups attached to an aromatic ring is 1. The van der Waals surface area contributed by atoms with Crippen LogP contribution in [0.25, 0.3) is 11.1 Å². The number of fused-ring (bicyclic) bond motifs is 1. The fourth-order valence-corrected chi connectivity index (χ4v) is 2.28. The Balaban J connectivity index is 1.91. The van der Waals surface area contributed by atoms with E-state index >= 15 is 0 Å². The Morgan fingerprint density at radius 1 is 1.47 bits per heavy atom. The lowest BCUT2D eigenvalue weighted by atomic mass is 10.3. The van der Waals surface area contributed by atoms with E-state index in [-0.39, 0.29) is 0 Å². The highest BCUT2D eigenvalue weighted by Gasteiger charge is 2.05. The van der Waals surface area contributed by atoms with Crippen molar-refractivity contribution in [2.75, 3.05) is 25.2 Å². The van der Waals surface area contributed by atoms with Gasteiger partial charge in [0.1, 0.15) is 5.52 Å². The Bertz CT molecular complexity index is 484. The van der Waals surface area contributed by atoms with Gasteiger partial charge in [0.25, 0.3) is 0 Å². The third kappa shape index (κ3) is 3.38. The van der Waals surface area contributed by atoms with Gasteiger partial charge in [-0.15, -0.1) is 0 Å². The Morgan fingerprint density at radius 3 is 3.18 bits per heavy atom. The summed E-state index contributed by atoms with van der Waals surface area (Å²) in [6, 6.07) is 5.52. The zero-order chi connectivity index (χ0) is 12.1. The van der Waals surface area contributed by atoms with Crippen LogP contribution in [0.1, 0.15) is 12.3 Å². The Kier molecular flexibility index (Phi) is 4.28. The standard InChI is InChI=1S/C12H16N2O2S/c1-15-5-2-6-17-8-12-14-10-4-3-9(13)7-11(10)16-12/h3-4,7H,2,5-6,8,13H2,1H3. The van der Waals surface area contributed by atoms with E-state index in [2.05, 4.69) is 4.98 Å². The topological polar surface area (TPSA) is 61.3 Å². The van der Waals surface area contributed by atoms with Crippen molar-refractivity contribution in [1.82, 2.24) is 4.98 Å². The highest BCUT2D eigenvalue weighted by molar-refractivity contribution is 7.98. The van der Waals surface area contributed by atoms with Gasteiger partial charge in [-0.1, -0.05) is 0 Å². The highest BCUT2D eigenvalue weighted by Crippen LogP contribution is 2.21. The first-order valence-electron chi connectivity index (χ1n) is 5.51. The van der Waals surface area contributed by atoms with Crippen LogP contribution in [0.15, 0.2) is 22.6 Å². The second-order valence-corrected chi connectivity index (χ2v) is 4.84. The smallest absolute Gasteiger partial charge is 0.205 e. The number of ether oxygens (including phenoxy) is 1. The number of nitrogens with zero attached hydrogens (tertiary/aromatic N) is 1. The molecule has 0 atom stereocenters. The average molecular weight is 252 g/mol. The van der Waals surface area contributed by atoms with E-state index < -0.39 is 0 Å². The SMILES string of the molecule is COCCCSCc1nc2ccc(N)cc2o1. The molecule has 5 heteroatoms. The maximum absolute atomic E-state index is 5.68. The predicted molar refractivity (Wildman–Crippen MR) is 71.1 cm³/mol. The van der Waals surface area contributed by atoms with Gasteiger partial charge in [0.2, 0.25) is 5.89 Å². The first kappa shape index (κ1) is 12.3. The quantitative estimate of drug-likeness (QED) is 0.632. The molecule has 0 saturated heterocycles. The summed E-state index contributed by atoms with van der Waals surface area (Å²) in [6.45, 7) is 0.803. The summed E-state index contributed by atoms with van der Waals surface area (Å²) in [5.74, 6) is 2.60. The molecule has 2 N–H and O–H groups in total. The fraction of sp³-hybridized carbons (Fsp3) is 0.417. The molecule has 0 spiro atoms. The molecule has 1 heterocycles. The summed E-state index contributed by atoms with van der Waals surface area (Å²) in [5.41, 5.74) is 8.01. The number of aromatic nitrogens is 1. The third-order valence-electron chi connectivity index (χ3n) is 2.32. The van der Waals surface area contributed by atoms with Crippen molar-refractivity contribution in [3.05, 3.63) is 24.1 Å². The van der Waals surface area contributed by atoms with Crippen LogP contribution < -0.4 is 5.73 Å². The molecule has 1 aromatic heterocycles. The largest absolute Gasteiger partial charge is 0.440 e. The van der Waals surface area contributed by atoms with Crippen LogP contribution in [-0.4, -0.2) is 24.5 Å². The van der Waals surface area contributed by atoms with E-state index in [1.807, 2.05) is 12.1 Å². The number of oxazole rings is 1. The predicted octanol–water partition coefficient (Wildman–Crippen LogP) is 2.68. The van der Waals surface area contributed by atoms with Crippen LogP contribution in [0.3, 0.4) is 0 Å². The van der Waals surface area contributed by atoms with Gasteiger partial charge in [0.05, 0.1) is 5.75 Å². The Labute approximate surface area is 105 Å². The summed E-state index contributed by atoms with van der Waals surface area (Å²) in [7, 11) is 1.72. The second kappa shape index (κ2) is 5.93. The monoisotopic (exact) mass is 252 g/mol. The number of thioether (sulfide) groups is 1. The molecule has 4 nitrogen and oxygen atoms in total. The maximum atomic E-state index is 5.68. The van der Waals surface area contributed by atoms with Crippen LogP contribution in [-0.2, 0) is 10.5 Å². The molecule has 2 rings (SSSR count). The maximum Gasteiger partial charge on any atom is 0.205 e. The Hall–Kier alpha value is -1.20. The zero-order valence-corrected chi connectivity index (χ0v) is 10.6. The summed E-state index contributed by atoms with van der Waals surface area (Å²) in [6.07, 6.45) is 1.05. The highest BCUT2D eigenvalue weighted by atomic mass is 32.2. The number of methoxy groups -OCH3 is 1. The minimum absolute atomic E-state index is 0.702. The van der Waals surface area contributed by atoms with Crippen LogP contribution >= 0.6 is 11.8 Å². The van der Waals surface area contributed by atoms with Crippen LogP contribution in [0.5, 0.6) is 0 Å². The molecule has 0 saturated carbocycles. The minimum atomic E-state index is 0.702. The van der Waals surface area contributed by atoms with Gasteiger partial charge < -0.3 is 14.9 Å². The Morgan fingerprint density at radius 2 is 2.35 bits per heavy atom. The molecule has 17 heavy (non-hydrogen) atoms. The number of rotatable bonds is 6. The molecule has 0 fully saturated rings. The van der Waals surface area contributed by atoms with E-state index in [4.69, 9.17) is 14.9 Å². The lowest BCUT2D eigenvalue weighted by Gasteiger charge is -1.97. The molecule has 0 bridgehead atoms. The molecular weight excluding hydrogens is 236 g/mol. The number of hydrogen-bond donors (Lipinski definition) is 1. The zero-order valence-electron chi connectivity index (χ0n) is 9.81. The van der Waals surface area contributed by atoms with E-state index in [9.17, 15) is 0 Å². The first-order chi connectivity index (χ1) is 8.29. The van der Waals surface area contributed by atoms with E-state index in [1.54, 1.807) is 24.9 Å². The van der Waals surface area contributed by atoms with E-state index in [0.717, 1.165) is 41.5 Å². The van der Waals surface area contributed by atoms with E-state index in [0.29, 0.717) is 5.69 Å². The molecule has 0 aliphatic rings. The second-order valence-electron chi connectivity index (χ2n) is 3.73. The number of benzene rings is 1. The van der Waals surface area contributed by atoms with Crippen molar-refractivity contribution in [1.29, 1.82) is 0 Å². The van der Waals surface area contributed by atoms with Crippen molar-refractivity contribution in [2.45, 2.75) is 12.2 Å². The molecule has 92 valence electrons. The van der Waals surface area contributed by atoms with Crippen molar-refractivity contribution in [2.24, 2.45) is 0 Å². The fourth-order valence-electron chi connectivity index (χ4n) is 1.52. The molecule has 0 amide bonds. The number of nitrogens with two attached hydrogens (primary N) is 1. The number of anilines is 1. The van der Waals surface area contributed by atoms with Gasteiger partial charge in [-0.05, 0) is 24.3 Å². The van der Waals surface area contributed by atoms with Gasteiger partial charge in [0.15, 0.2) is 5.58 Å². The lowest BCUT2D eigenvalue weighted by molar-refractivity contribution is 0.200. The van der Waals surface area contributed by atoms with Crippen LogP contribution in [0.2, 0.25) is 0 Å².